The number of carbonyl (C=O) groups excluding carboxylic acids is 1. The normalized spacial score (nSPS) is 13.9. The number of para-hydroxylation sites is 2. The van der Waals surface area contributed by atoms with Gasteiger partial charge in [-0.25, -0.2) is 4.79 Å². The van der Waals surface area contributed by atoms with E-state index in [1.54, 1.807) is 6.07 Å². The highest BCUT2D eigenvalue weighted by atomic mass is 19.3. The number of anilines is 1. The minimum absolute atomic E-state index is 0.0684. The molecule has 0 atom stereocenters. The molecule has 8 heteroatoms. The van der Waals surface area contributed by atoms with Gasteiger partial charge >= 0.3 is 18.6 Å². The second-order valence-corrected chi connectivity index (χ2v) is 4.56. The summed E-state index contributed by atoms with van der Waals surface area (Å²) in [5, 5.41) is 11.2. The molecule has 0 spiro atoms. The fraction of sp³-hybridized carbons (Fsp3) is 0.385. The Bertz CT molecular complexity index is 535. The summed E-state index contributed by atoms with van der Waals surface area (Å²) in [4.78, 5) is 24.0. The first-order chi connectivity index (χ1) is 9.97. The van der Waals surface area contributed by atoms with Gasteiger partial charge in [0.2, 0.25) is 0 Å². The molecule has 0 radical (unpaired) electrons. The first kappa shape index (κ1) is 15.0. The van der Waals surface area contributed by atoms with Crippen LogP contribution in [0.5, 0.6) is 5.75 Å². The Labute approximate surface area is 119 Å². The van der Waals surface area contributed by atoms with Crippen LogP contribution in [-0.4, -0.2) is 41.2 Å². The number of carboxylic acids is 1. The van der Waals surface area contributed by atoms with Crippen LogP contribution < -0.4 is 10.1 Å². The van der Waals surface area contributed by atoms with Crippen molar-refractivity contribution in [1.29, 1.82) is 0 Å². The summed E-state index contributed by atoms with van der Waals surface area (Å²) in [5.41, 5.74) is 0.0684. The van der Waals surface area contributed by atoms with Gasteiger partial charge in [-0.2, -0.15) is 8.78 Å². The van der Waals surface area contributed by atoms with Gasteiger partial charge in [0.15, 0.2) is 0 Å². The SMILES string of the molecule is O=C(O)CN(C(=O)Nc1ccccc1OC(F)F)C1CC1. The number of benzene rings is 1. The predicted octanol–water partition coefficient (Wildman–Crippen LogP) is 2.37. The zero-order valence-corrected chi connectivity index (χ0v) is 11.0. The summed E-state index contributed by atoms with van der Waals surface area (Å²) >= 11 is 0. The maximum atomic E-state index is 12.3. The molecule has 1 aromatic carbocycles. The number of halogens is 2. The van der Waals surface area contributed by atoms with Gasteiger partial charge in [0.05, 0.1) is 5.69 Å². The van der Waals surface area contributed by atoms with Crippen molar-refractivity contribution in [2.75, 3.05) is 11.9 Å². The number of nitrogens with one attached hydrogen (secondary N) is 1. The number of alkyl halides is 2. The molecular formula is C13H14F2N2O4. The lowest BCUT2D eigenvalue weighted by Crippen LogP contribution is -2.40. The highest BCUT2D eigenvalue weighted by Gasteiger charge is 2.34. The fourth-order valence-corrected chi connectivity index (χ4v) is 1.85. The first-order valence-corrected chi connectivity index (χ1v) is 6.30. The molecule has 0 aliphatic heterocycles. The second-order valence-electron chi connectivity index (χ2n) is 4.56. The highest BCUT2D eigenvalue weighted by molar-refractivity contribution is 5.93. The quantitative estimate of drug-likeness (QED) is 0.845. The van der Waals surface area contributed by atoms with Gasteiger partial charge in [-0.1, -0.05) is 12.1 Å². The molecule has 1 aliphatic carbocycles. The summed E-state index contributed by atoms with van der Waals surface area (Å²) in [6.45, 7) is -3.45. The zero-order valence-electron chi connectivity index (χ0n) is 11.0. The molecule has 6 nitrogen and oxygen atoms in total. The fourth-order valence-electron chi connectivity index (χ4n) is 1.85. The smallest absolute Gasteiger partial charge is 0.387 e. The number of amides is 2. The van der Waals surface area contributed by atoms with Crippen molar-refractivity contribution in [3.05, 3.63) is 24.3 Å². The van der Waals surface area contributed by atoms with Crippen LogP contribution in [0.15, 0.2) is 24.3 Å². The van der Waals surface area contributed by atoms with Crippen molar-refractivity contribution in [3.63, 3.8) is 0 Å². The highest BCUT2D eigenvalue weighted by Crippen LogP contribution is 2.29. The monoisotopic (exact) mass is 300 g/mol. The maximum absolute atomic E-state index is 12.3. The number of aliphatic carboxylic acids is 1. The molecule has 0 saturated heterocycles. The lowest BCUT2D eigenvalue weighted by Gasteiger charge is -2.21. The minimum Gasteiger partial charge on any atom is -0.480 e. The average Bonchev–Trinajstić information content (AvgIpc) is 3.21. The van der Waals surface area contributed by atoms with Crippen LogP contribution in [0.25, 0.3) is 0 Å². The Balaban J connectivity index is 2.09. The van der Waals surface area contributed by atoms with E-state index < -0.39 is 25.2 Å². The number of urea groups is 1. The molecular weight excluding hydrogens is 286 g/mol. The Morgan fingerprint density at radius 3 is 2.62 bits per heavy atom. The molecule has 114 valence electrons. The van der Waals surface area contributed by atoms with E-state index in [4.69, 9.17) is 5.11 Å². The number of rotatable bonds is 6. The largest absolute Gasteiger partial charge is 0.480 e. The first-order valence-electron chi connectivity index (χ1n) is 6.30. The van der Waals surface area contributed by atoms with E-state index in [2.05, 4.69) is 10.1 Å². The molecule has 1 fully saturated rings. The summed E-state index contributed by atoms with van der Waals surface area (Å²) in [6, 6.07) is 4.96. The van der Waals surface area contributed by atoms with E-state index in [1.165, 1.54) is 23.1 Å². The van der Waals surface area contributed by atoms with E-state index in [9.17, 15) is 18.4 Å². The van der Waals surface area contributed by atoms with Gasteiger partial charge in [0.25, 0.3) is 0 Å². The number of ether oxygens (including phenoxy) is 1. The maximum Gasteiger partial charge on any atom is 0.387 e. The van der Waals surface area contributed by atoms with Crippen LogP contribution in [0.2, 0.25) is 0 Å². The van der Waals surface area contributed by atoms with E-state index in [1.807, 2.05) is 0 Å². The third-order valence-electron chi connectivity index (χ3n) is 2.90. The van der Waals surface area contributed by atoms with Crippen molar-refractivity contribution < 1.29 is 28.2 Å². The van der Waals surface area contributed by atoms with Crippen LogP contribution in [-0.2, 0) is 4.79 Å². The minimum atomic E-state index is -3.01. The van der Waals surface area contributed by atoms with Crippen molar-refractivity contribution >= 4 is 17.7 Å². The molecule has 2 amide bonds. The van der Waals surface area contributed by atoms with Crippen molar-refractivity contribution in [2.45, 2.75) is 25.5 Å². The van der Waals surface area contributed by atoms with E-state index in [-0.39, 0.29) is 17.5 Å². The average molecular weight is 300 g/mol. The van der Waals surface area contributed by atoms with Crippen molar-refractivity contribution in [3.8, 4) is 5.75 Å². The summed E-state index contributed by atoms with van der Waals surface area (Å²) in [5.74, 6) is -1.30. The second kappa shape index (κ2) is 6.38. The van der Waals surface area contributed by atoms with E-state index in [0.717, 1.165) is 12.8 Å². The lowest BCUT2D eigenvalue weighted by molar-refractivity contribution is -0.137. The van der Waals surface area contributed by atoms with Gasteiger partial charge in [-0.15, -0.1) is 0 Å². The summed E-state index contributed by atoms with van der Waals surface area (Å²) in [6.07, 6.45) is 1.46. The number of carbonyl (C=O) groups is 2. The molecule has 0 unspecified atom stereocenters. The molecule has 2 N–H and O–H groups in total. The van der Waals surface area contributed by atoms with Gasteiger partial charge in [0, 0.05) is 6.04 Å². The molecule has 2 rings (SSSR count). The predicted molar refractivity (Wildman–Crippen MR) is 69.5 cm³/mol. The number of nitrogens with zero attached hydrogens (tertiary/aromatic N) is 1. The standard InChI is InChI=1S/C13H14F2N2O4/c14-12(15)21-10-4-2-1-3-9(10)16-13(20)17(7-11(18)19)8-5-6-8/h1-4,8,12H,5-7H2,(H,16,20)(H,18,19). The lowest BCUT2D eigenvalue weighted by atomic mass is 10.3. The summed E-state index contributed by atoms with van der Waals surface area (Å²) in [7, 11) is 0. The molecule has 1 aliphatic rings. The van der Waals surface area contributed by atoms with Crippen LogP contribution >= 0.6 is 0 Å². The Kier molecular flexibility index (Phi) is 4.56. The Morgan fingerprint density at radius 1 is 1.38 bits per heavy atom. The molecule has 0 aromatic heterocycles. The molecule has 1 aromatic rings. The van der Waals surface area contributed by atoms with E-state index in [0.29, 0.717) is 0 Å². The number of hydrogen-bond donors (Lipinski definition) is 2. The molecule has 0 bridgehead atoms. The third kappa shape index (κ3) is 4.30. The topological polar surface area (TPSA) is 78.9 Å². The Hall–Kier alpha value is -2.38. The van der Waals surface area contributed by atoms with Gasteiger partial charge < -0.3 is 20.1 Å². The van der Waals surface area contributed by atoms with Crippen molar-refractivity contribution in [2.24, 2.45) is 0 Å². The molecule has 1 saturated carbocycles. The van der Waals surface area contributed by atoms with Gasteiger partial charge in [-0.05, 0) is 25.0 Å². The number of carboxylic acid groups (broad SMARTS) is 1. The van der Waals surface area contributed by atoms with Gasteiger partial charge in [0.1, 0.15) is 12.3 Å². The van der Waals surface area contributed by atoms with Crippen LogP contribution in [0.3, 0.4) is 0 Å². The zero-order chi connectivity index (χ0) is 15.4. The number of hydrogen-bond acceptors (Lipinski definition) is 3. The third-order valence-corrected chi connectivity index (χ3v) is 2.90. The van der Waals surface area contributed by atoms with Crippen molar-refractivity contribution in [1.82, 2.24) is 4.90 Å². The van der Waals surface area contributed by atoms with Gasteiger partial charge in [-0.3, -0.25) is 4.79 Å². The van der Waals surface area contributed by atoms with Crippen LogP contribution in [0, 0.1) is 0 Å². The van der Waals surface area contributed by atoms with Crippen LogP contribution in [0.4, 0.5) is 19.3 Å². The molecule has 21 heavy (non-hydrogen) atoms. The van der Waals surface area contributed by atoms with Crippen LogP contribution in [0.1, 0.15) is 12.8 Å². The van der Waals surface area contributed by atoms with E-state index >= 15 is 0 Å². The molecule has 0 heterocycles. The summed E-state index contributed by atoms with van der Waals surface area (Å²) < 4.78 is 28.9. The Morgan fingerprint density at radius 2 is 2.05 bits per heavy atom.